The quantitative estimate of drug-likeness (QED) is 0.669. The Balaban J connectivity index is 2.21. The summed E-state index contributed by atoms with van der Waals surface area (Å²) in [7, 11) is 2.02. The van der Waals surface area contributed by atoms with Crippen molar-refractivity contribution in [2.24, 2.45) is 5.92 Å². The molecule has 0 aromatic carbocycles. The third-order valence-electron chi connectivity index (χ3n) is 2.42. The summed E-state index contributed by atoms with van der Waals surface area (Å²) in [5.41, 5.74) is 0. The molecule has 2 unspecified atom stereocenters. The molecule has 0 aromatic rings. The van der Waals surface area contributed by atoms with E-state index in [1.54, 1.807) is 0 Å². The lowest BCUT2D eigenvalue weighted by Crippen LogP contribution is -2.30. The van der Waals surface area contributed by atoms with Gasteiger partial charge in [-0.25, -0.2) is 0 Å². The minimum atomic E-state index is 0.530. The van der Waals surface area contributed by atoms with Crippen molar-refractivity contribution < 1.29 is 4.74 Å². The van der Waals surface area contributed by atoms with Crippen molar-refractivity contribution in [3.63, 3.8) is 0 Å². The molecule has 0 aliphatic carbocycles. The summed E-state index contributed by atoms with van der Waals surface area (Å²) >= 11 is 0. The molecule has 1 fully saturated rings. The molecule has 0 radical (unpaired) electrons. The molecule has 1 heterocycles. The van der Waals surface area contributed by atoms with Gasteiger partial charge in [-0.15, -0.1) is 0 Å². The van der Waals surface area contributed by atoms with E-state index in [1.807, 2.05) is 7.05 Å². The second-order valence-corrected chi connectivity index (χ2v) is 3.35. The molecule has 1 saturated heterocycles. The van der Waals surface area contributed by atoms with Gasteiger partial charge < -0.3 is 10.1 Å². The van der Waals surface area contributed by atoms with Gasteiger partial charge in [0.25, 0.3) is 0 Å². The van der Waals surface area contributed by atoms with Crippen LogP contribution in [-0.2, 0) is 4.74 Å². The van der Waals surface area contributed by atoms with E-state index in [1.165, 1.54) is 19.3 Å². The van der Waals surface area contributed by atoms with E-state index in [2.05, 4.69) is 12.2 Å². The smallest absolute Gasteiger partial charge is 0.0575 e. The van der Waals surface area contributed by atoms with Gasteiger partial charge in [-0.05, 0) is 38.8 Å². The highest BCUT2D eigenvalue weighted by Gasteiger charge is 2.19. The molecule has 11 heavy (non-hydrogen) atoms. The molecule has 0 bridgehead atoms. The highest BCUT2D eigenvalue weighted by Crippen LogP contribution is 2.20. The van der Waals surface area contributed by atoms with Crippen LogP contribution in [-0.4, -0.2) is 26.3 Å². The highest BCUT2D eigenvalue weighted by atomic mass is 16.5. The minimum absolute atomic E-state index is 0.530. The van der Waals surface area contributed by atoms with Crippen molar-refractivity contribution >= 4 is 0 Å². The number of hydrogen-bond acceptors (Lipinski definition) is 2. The van der Waals surface area contributed by atoms with Crippen molar-refractivity contribution in [2.75, 3.05) is 20.2 Å². The lowest BCUT2D eigenvalue weighted by Gasteiger charge is -2.28. The summed E-state index contributed by atoms with van der Waals surface area (Å²) in [6.45, 7) is 4.32. The Morgan fingerprint density at radius 1 is 1.55 bits per heavy atom. The second-order valence-electron chi connectivity index (χ2n) is 3.35. The fourth-order valence-corrected chi connectivity index (χ4v) is 1.72. The van der Waals surface area contributed by atoms with Gasteiger partial charge >= 0.3 is 0 Å². The molecular weight excluding hydrogens is 138 g/mol. The van der Waals surface area contributed by atoms with E-state index in [9.17, 15) is 0 Å². The zero-order chi connectivity index (χ0) is 8.10. The Morgan fingerprint density at radius 3 is 3.00 bits per heavy atom. The maximum atomic E-state index is 5.58. The fraction of sp³-hybridized carbons (Fsp3) is 1.00. The van der Waals surface area contributed by atoms with E-state index < -0.39 is 0 Å². The molecular formula is C9H19NO. The second kappa shape index (κ2) is 4.73. The summed E-state index contributed by atoms with van der Waals surface area (Å²) in [5, 5.41) is 3.23. The van der Waals surface area contributed by atoms with Crippen LogP contribution < -0.4 is 5.32 Å². The monoisotopic (exact) mass is 157 g/mol. The molecule has 0 saturated carbocycles. The first-order valence-corrected chi connectivity index (χ1v) is 4.63. The molecule has 2 nitrogen and oxygen atoms in total. The average Bonchev–Trinajstić information content (AvgIpc) is 2.06. The molecule has 2 atom stereocenters. The topological polar surface area (TPSA) is 21.3 Å². The Labute approximate surface area is 69.3 Å². The number of ether oxygens (including phenoxy) is 1. The first kappa shape index (κ1) is 9.01. The predicted molar refractivity (Wildman–Crippen MR) is 46.7 cm³/mol. The first-order chi connectivity index (χ1) is 5.36. The lowest BCUT2D eigenvalue weighted by atomic mass is 9.94. The number of rotatable bonds is 3. The Morgan fingerprint density at radius 2 is 2.36 bits per heavy atom. The van der Waals surface area contributed by atoms with Crippen LogP contribution in [0.25, 0.3) is 0 Å². The molecule has 0 spiro atoms. The number of nitrogens with one attached hydrogen (secondary N) is 1. The summed E-state index contributed by atoms with van der Waals surface area (Å²) in [4.78, 5) is 0. The summed E-state index contributed by atoms with van der Waals surface area (Å²) in [5.74, 6) is 0.846. The van der Waals surface area contributed by atoms with Gasteiger partial charge in [-0.2, -0.15) is 0 Å². The van der Waals surface area contributed by atoms with Crippen LogP contribution in [0, 0.1) is 5.92 Å². The van der Waals surface area contributed by atoms with Crippen LogP contribution in [0.3, 0.4) is 0 Å². The Bertz CT molecular complexity index is 104. The van der Waals surface area contributed by atoms with Crippen molar-refractivity contribution in [2.45, 2.75) is 32.3 Å². The van der Waals surface area contributed by atoms with E-state index >= 15 is 0 Å². The molecule has 1 rings (SSSR count). The molecule has 1 aliphatic heterocycles. The summed E-state index contributed by atoms with van der Waals surface area (Å²) in [6, 6.07) is 0. The third-order valence-corrected chi connectivity index (χ3v) is 2.42. The highest BCUT2D eigenvalue weighted by molar-refractivity contribution is 4.71. The van der Waals surface area contributed by atoms with Gasteiger partial charge in [0, 0.05) is 6.61 Å². The van der Waals surface area contributed by atoms with Crippen LogP contribution in [0.5, 0.6) is 0 Å². The zero-order valence-corrected chi connectivity index (χ0v) is 7.60. The Hall–Kier alpha value is -0.0800. The summed E-state index contributed by atoms with van der Waals surface area (Å²) in [6.07, 6.45) is 4.18. The van der Waals surface area contributed by atoms with E-state index in [0.29, 0.717) is 6.10 Å². The molecule has 1 N–H and O–H groups in total. The van der Waals surface area contributed by atoms with Gasteiger partial charge in [0.15, 0.2) is 0 Å². The zero-order valence-electron chi connectivity index (χ0n) is 7.60. The van der Waals surface area contributed by atoms with Crippen molar-refractivity contribution in [3.05, 3.63) is 0 Å². The SMILES string of the molecule is CCC1CC(CNC)CCO1. The van der Waals surface area contributed by atoms with Gasteiger partial charge in [0.05, 0.1) is 6.10 Å². The van der Waals surface area contributed by atoms with Crippen molar-refractivity contribution in [3.8, 4) is 0 Å². The van der Waals surface area contributed by atoms with Crippen LogP contribution >= 0.6 is 0 Å². The summed E-state index contributed by atoms with van der Waals surface area (Å²) < 4.78 is 5.58. The molecule has 66 valence electrons. The lowest BCUT2D eigenvalue weighted by molar-refractivity contribution is -0.00968. The van der Waals surface area contributed by atoms with Gasteiger partial charge in [-0.3, -0.25) is 0 Å². The van der Waals surface area contributed by atoms with Crippen LogP contribution in [0.15, 0.2) is 0 Å². The van der Waals surface area contributed by atoms with Gasteiger partial charge in [0.1, 0.15) is 0 Å². The van der Waals surface area contributed by atoms with Crippen LogP contribution in [0.2, 0.25) is 0 Å². The van der Waals surface area contributed by atoms with Gasteiger partial charge in [0.2, 0.25) is 0 Å². The maximum absolute atomic E-state index is 5.58. The average molecular weight is 157 g/mol. The number of hydrogen-bond donors (Lipinski definition) is 1. The van der Waals surface area contributed by atoms with Crippen molar-refractivity contribution in [1.29, 1.82) is 0 Å². The first-order valence-electron chi connectivity index (χ1n) is 4.63. The Kier molecular flexibility index (Phi) is 3.87. The largest absolute Gasteiger partial charge is 0.378 e. The maximum Gasteiger partial charge on any atom is 0.0575 e. The van der Waals surface area contributed by atoms with E-state index in [4.69, 9.17) is 4.74 Å². The van der Waals surface area contributed by atoms with Crippen LogP contribution in [0.4, 0.5) is 0 Å². The van der Waals surface area contributed by atoms with Crippen molar-refractivity contribution in [1.82, 2.24) is 5.32 Å². The van der Waals surface area contributed by atoms with E-state index in [0.717, 1.165) is 19.1 Å². The standard InChI is InChI=1S/C9H19NO/c1-3-9-6-8(7-10-2)4-5-11-9/h8-10H,3-7H2,1-2H3. The minimum Gasteiger partial charge on any atom is -0.378 e. The third kappa shape index (κ3) is 2.80. The molecule has 0 amide bonds. The van der Waals surface area contributed by atoms with Gasteiger partial charge in [-0.1, -0.05) is 6.92 Å². The molecule has 0 aromatic heterocycles. The fourth-order valence-electron chi connectivity index (χ4n) is 1.72. The normalized spacial score (nSPS) is 32.2. The molecule has 2 heteroatoms. The van der Waals surface area contributed by atoms with Crippen LogP contribution in [0.1, 0.15) is 26.2 Å². The molecule has 1 aliphatic rings. The van der Waals surface area contributed by atoms with E-state index in [-0.39, 0.29) is 0 Å². The predicted octanol–water partition coefficient (Wildman–Crippen LogP) is 1.41.